The maximum absolute atomic E-state index is 9.53. The SMILES string of the molecule is CC1(C)C(=C(C#N)C#N)C(C)(C)C(=C(C#N)C#N)C(C)(C)C1=C(C#N)C#N. The number of rotatable bonds is 0. The average Bonchev–Trinajstić information content (AvgIpc) is 2.59. The van der Waals surface area contributed by atoms with Crippen molar-refractivity contribution in [1.82, 2.24) is 0 Å². The van der Waals surface area contributed by atoms with E-state index < -0.39 is 16.2 Å². The molecule has 1 rings (SSSR count). The molecule has 0 aromatic heterocycles. The highest BCUT2D eigenvalue weighted by Gasteiger charge is 2.57. The van der Waals surface area contributed by atoms with Crippen LogP contribution >= 0.6 is 0 Å². The van der Waals surface area contributed by atoms with Crippen LogP contribution in [-0.4, -0.2) is 0 Å². The first-order chi connectivity index (χ1) is 12.4. The highest BCUT2D eigenvalue weighted by molar-refractivity contribution is 5.64. The van der Waals surface area contributed by atoms with Gasteiger partial charge >= 0.3 is 0 Å². The molecule has 0 unspecified atom stereocenters. The zero-order chi connectivity index (χ0) is 21.2. The molecule has 6 nitrogen and oxygen atoms in total. The molecule has 1 aliphatic rings. The van der Waals surface area contributed by atoms with E-state index in [1.54, 1.807) is 41.5 Å². The lowest BCUT2D eigenvalue weighted by Gasteiger charge is -2.55. The number of hydrogen-bond donors (Lipinski definition) is 0. The molecule has 0 aromatic rings. The summed E-state index contributed by atoms with van der Waals surface area (Å²) >= 11 is 0. The van der Waals surface area contributed by atoms with Crippen LogP contribution in [-0.2, 0) is 0 Å². The fourth-order valence-electron chi connectivity index (χ4n) is 5.00. The minimum atomic E-state index is -0.992. The van der Waals surface area contributed by atoms with E-state index in [4.69, 9.17) is 0 Å². The molecule has 1 aliphatic carbocycles. The molecule has 1 fully saturated rings. The van der Waals surface area contributed by atoms with Crippen LogP contribution < -0.4 is 0 Å². The Balaban J connectivity index is 4.50. The topological polar surface area (TPSA) is 143 Å². The second-order valence-corrected chi connectivity index (χ2v) is 7.80. The summed E-state index contributed by atoms with van der Waals surface area (Å²) < 4.78 is 0. The summed E-state index contributed by atoms with van der Waals surface area (Å²) in [5, 5.41) is 57.2. The van der Waals surface area contributed by atoms with Gasteiger partial charge in [0.1, 0.15) is 53.1 Å². The van der Waals surface area contributed by atoms with Gasteiger partial charge < -0.3 is 0 Å². The van der Waals surface area contributed by atoms with Gasteiger partial charge in [-0.1, -0.05) is 41.5 Å². The third kappa shape index (κ3) is 2.86. The van der Waals surface area contributed by atoms with Gasteiger partial charge in [-0.25, -0.2) is 0 Å². The van der Waals surface area contributed by atoms with Crippen LogP contribution in [0.5, 0.6) is 0 Å². The summed E-state index contributed by atoms with van der Waals surface area (Å²) in [6.45, 7) is 10.5. The first-order valence-corrected chi connectivity index (χ1v) is 8.09. The van der Waals surface area contributed by atoms with Gasteiger partial charge in [0.05, 0.1) is 0 Å². The van der Waals surface area contributed by atoms with Gasteiger partial charge in [0.25, 0.3) is 0 Å². The lowest BCUT2D eigenvalue weighted by atomic mass is 9.46. The maximum atomic E-state index is 9.53. The van der Waals surface area contributed by atoms with Crippen molar-refractivity contribution >= 4 is 0 Å². The number of nitriles is 6. The normalized spacial score (nSPS) is 18.4. The molecule has 0 saturated heterocycles. The van der Waals surface area contributed by atoms with Crippen LogP contribution in [0.1, 0.15) is 41.5 Å². The molecule has 0 heterocycles. The largest absolute Gasteiger partial charge is 0.192 e. The van der Waals surface area contributed by atoms with Gasteiger partial charge in [0, 0.05) is 16.2 Å². The summed E-state index contributed by atoms with van der Waals surface area (Å²) in [4.78, 5) is 0. The first-order valence-electron chi connectivity index (χ1n) is 8.09. The summed E-state index contributed by atoms with van der Waals surface area (Å²) in [6.07, 6.45) is 0. The van der Waals surface area contributed by atoms with Gasteiger partial charge in [-0.15, -0.1) is 0 Å². The molecular formula is C21H18N6. The molecule has 0 bridgehead atoms. The lowest BCUT2D eigenvalue weighted by Crippen LogP contribution is -2.47. The summed E-state index contributed by atoms with van der Waals surface area (Å²) in [5.74, 6) is 0. The van der Waals surface area contributed by atoms with Gasteiger partial charge in [0.2, 0.25) is 0 Å². The average molecular weight is 354 g/mol. The molecule has 0 amide bonds. The van der Waals surface area contributed by atoms with Gasteiger partial charge in [-0.2, -0.15) is 31.6 Å². The third-order valence-corrected chi connectivity index (χ3v) is 5.17. The van der Waals surface area contributed by atoms with Crippen LogP contribution in [0.2, 0.25) is 0 Å². The molecule has 27 heavy (non-hydrogen) atoms. The molecule has 0 radical (unpaired) electrons. The lowest BCUT2D eigenvalue weighted by molar-refractivity contribution is 0.249. The van der Waals surface area contributed by atoms with Crippen molar-refractivity contribution in [3.63, 3.8) is 0 Å². The van der Waals surface area contributed by atoms with Crippen LogP contribution in [0.3, 0.4) is 0 Å². The standard InChI is InChI=1S/C21H18N6/c1-19(2)16(13(7-22)8-23)20(3,4)18(15(11-26)12-27)21(5,6)17(19)14(9-24)10-25/h1-6H3. The highest BCUT2D eigenvalue weighted by atomic mass is 14.6. The molecule has 6 heteroatoms. The van der Waals surface area contributed by atoms with Crippen LogP contribution in [0.25, 0.3) is 0 Å². The van der Waals surface area contributed by atoms with Crippen molar-refractivity contribution in [1.29, 1.82) is 31.6 Å². The minimum Gasteiger partial charge on any atom is -0.192 e. The zero-order valence-corrected chi connectivity index (χ0v) is 16.2. The summed E-state index contributed by atoms with van der Waals surface area (Å²) in [6, 6.07) is 11.4. The fourth-order valence-corrected chi connectivity index (χ4v) is 5.00. The Hall–Kier alpha value is -3.84. The Morgan fingerprint density at radius 1 is 0.444 bits per heavy atom. The molecule has 0 N–H and O–H groups in total. The van der Waals surface area contributed by atoms with Crippen molar-refractivity contribution in [3.05, 3.63) is 33.4 Å². The summed E-state index contributed by atoms with van der Waals surface area (Å²) in [7, 11) is 0. The van der Waals surface area contributed by atoms with E-state index in [0.29, 0.717) is 16.7 Å². The van der Waals surface area contributed by atoms with Gasteiger partial charge in [-0.05, 0) is 16.7 Å². The van der Waals surface area contributed by atoms with E-state index in [1.807, 2.05) is 36.4 Å². The Labute approximate surface area is 159 Å². The third-order valence-electron chi connectivity index (χ3n) is 5.17. The molecule has 1 saturated carbocycles. The highest BCUT2D eigenvalue weighted by Crippen LogP contribution is 2.65. The molecule has 0 aromatic carbocycles. The second kappa shape index (κ2) is 6.81. The van der Waals surface area contributed by atoms with E-state index in [-0.39, 0.29) is 16.7 Å². The predicted octanol–water partition coefficient (Wildman–Crippen LogP) is 4.11. The molecular weight excluding hydrogens is 336 g/mol. The Kier molecular flexibility index (Phi) is 5.35. The molecule has 0 spiro atoms. The number of hydrogen-bond acceptors (Lipinski definition) is 6. The fraction of sp³-hybridized carbons (Fsp3) is 0.429. The van der Waals surface area contributed by atoms with Crippen molar-refractivity contribution in [2.24, 2.45) is 16.2 Å². The number of nitrogens with zero attached hydrogens (tertiary/aromatic N) is 6. The van der Waals surface area contributed by atoms with Gasteiger partial charge in [0.15, 0.2) is 0 Å². The maximum Gasteiger partial charge on any atom is 0.130 e. The van der Waals surface area contributed by atoms with E-state index in [1.165, 1.54) is 0 Å². The Morgan fingerprint density at radius 2 is 0.593 bits per heavy atom. The first kappa shape index (κ1) is 21.2. The van der Waals surface area contributed by atoms with Crippen molar-refractivity contribution in [3.8, 4) is 36.4 Å². The van der Waals surface area contributed by atoms with Crippen LogP contribution in [0, 0.1) is 84.2 Å². The smallest absolute Gasteiger partial charge is 0.130 e. The van der Waals surface area contributed by atoms with Crippen molar-refractivity contribution < 1.29 is 0 Å². The monoisotopic (exact) mass is 354 g/mol. The minimum absolute atomic E-state index is 0.152. The van der Waals surface area contributed by atoms with Crippen molar-refractivity contribution in [2.45, 2.75) is 41.5 Å². The summed E-state index contributed by atoms with van der Waals surface area (Å²) in [5.41, 5.74) is -2.28. The molecule has 0 atom stereocenters. The number of allylic oxidation sites excluding steroid dienone is 6. The van der Waals surface area contributed by atoms with Gasteiger partial charge in [-0.3, -0.25) is 0 Å². The zero-order valence-electron chi connectivity index (χ0n) is 16.2. The molecule has 132 valence electrons. The van der Waals surface area contributed by atoms with Crippen LogP contribution in [0.4, 0.5) is 0 Å². The quantitative estimate of drug-likeness (QED) is 0.599. The van der Waals surface area contributed by atoms with E-state index in [0.717, 1.165) is 0 Å². The predicted molar refractivity (Wildman–Crippen MR) is 96.1 cm³/mol. The van der Waals surface area contributed by atoms with E-state index in [2.05, 4.69) is 0 Å². The van der Waals surface area contributed by atoms with E-state index in [9.17, 15) is 31.6 Å². The molecule has 0 aliphatic heterocycles. The van der Waals surface area contributed by atoms with Crippen LogP contribution in [0.15, 0.2) is 33.4 Å². The Morgan fingerprint density at radius 3 is 0.704 bits per heavy atom. The van der Waals surface area contributed by atoms with Crippen molar-refractivity contribution in [2.75, 3.05) is 0 Å². The Bertz CT molecular complexity index is 839. The second-order valence-electron chi connectivity index (χ2n) is 7.80. The van der Waals surface area contributed by atoms with E-state index >= 15 is 0 Å².